The molecule has 6 nitrogen and oxygen atoms in total. The third-order valence-corrected chi connectivity index (χ3v) is 3.31. The van der Waals surface area contributed by atoms with Gasteiger partial charge in [-0.2, -0.15) is 4.98 Å². The fourth-order valence-corrected chi connectivity index (χ4v) is 2.13. The summed E-state index contributed by atoms with van der Waals surface area (Å²) in [6.45, 7) is 2.12. The molecule has 1 atom stereocenters. The van der Waals surface area contributed by atoms with Crippen LogP contribution in [0.2, 0.25) is 0 Å². The highest BCUT2D eigenvalue weighted by atomic mass is 16.5. The van der Waals surface area contributed by atoms with Crippen LogP contribution < -0.4 is 10.2 Å². The predicted octanol–water partition coefficient (Wildman–Crippen LogP) is 1.46. The fraction of sp³-hybridized carbons (Fsp3) is 0.429. The fourth-order valence-electron chi connectivity index (χ4n) is 2.13. The van der Waals surface area contributed by atoms with Gasteiger partial charge < -0.3 is 19.5 Å². The molecule has 0 aliphatic carbocycles. The molecule has 2 heterocycles. The lowest BCUT2D eigenvalue weighted by Crippen LogP contribution is -2.35. The molecule has 6 heteroatoms. The molecule has 20 heavy (non-hydrogen) atoms. The molecule has 1 aliphatic rings. The number of ether oxygens (including phenoxy) is 1. The summed E-state index contributed by atoms with van der Waals surface area (Å²) in [6.07, 6.45) is 0. The van der Waals surface area contributed by atoms with E-state index < -0.39 is 0 Å². The Balaban J connectivity index is 1.78. The Hall–Kier alpha value is -1.92. The zero-order valence-electron chi connectivity index (χ0n) is 11.7. The van der Waals surface area contributed by atoms with Crippen molar-refractivity contribution < 1.29 is 9.26 Å². The molecular formula is C14H18N4O2. The topological polar surface area (TPSA) is 63.4 Å². The summed E-state index contributed by atoms with van der Waals surface area (Å²) in [7, 11) is 4.02. The number of anilines is 1. The van der Waals surface area contributed by atoms with E-state index >= 15 is 0 Å². The molecule has 2 aromatic rings. The summed E-state index contributed by atoms with van der Waals surface area (Å²) in [6, 6.07) is 8.04. The van der Waals surface area contributed by atoms with Gasteiger partial charge in [0.05, 0.1) is 19.3 Å². The Morgan fingerprint density at radius 2 is 2.05 bits per heavy atom. The molecule has 0 bridgehead atoms. The highest BCUT2D eigenvalue weighted by Crippen LogP contribution is 2.22. The van der Waals surface area contributed by atoms with Crippen LogP contribution in [0.1, 0.15) is 11.9 Å². The van der Waals surface area contributed by atoms with Crippen LogP contribution in [0.3, 0.4) is 0 Å². The van der Waals surface area contributed by atoms with Gasteiger partial charge in [0, 0.05) is 31.9 Å². The number of rotatable bonds is 3. The maximum atomic E-state index is 5.40. The molecule has 1 aromatic carbocycles. The summed E-state index contributed by atoms with van der Waals surface area (Å²) >= 11 is 0. The molecule has 0 saturated carbocycles. The summed E-state index contributed by atoms with van der Waals surface area (Å²) in [5.74, 6) is 1.19. The van der Waals surface area contributed by atoms with Gasteiger partial charge in [-0.1, -0.05) is 5.16 Å². The number of benzene rings is 1. The van der Waals surface area contributed by atoms with Gasteiger partial charge in [-0.05, 0) is 24.3 Å². The van der Waals surface area contributed by atoms with E-state index in [9.17, 15) is 0 Å². The van der Waals surface area contributed by atoms with Crippen molar-refractivity contribution in [2.45, 2.75) is 6.04 Å². The van der Waals surface area contributed by atoms with Crippen molar-refractivity contribution in [3.05, 3.63) is 30.1 Å². The van der Waals surface area contributed by atoms with Gasteiger partial charge in [-0.25, -0.2) is 0 Å². The third-order valence-electron chi connectivity index (χ3n) is 3.31. The lowest BCUT2D eigenvalue weighted by molar-refractivity contribution is 0.0734. The normalized spacial score (nSPS) is 19.0. The van der Waals surface area contributed by atoms with Gasteiger partial charge in [0.1, 0.15) is 0 Å². The van der Waals surface area contributed by atoms with E-state index in [0.29, 0.717) is 18.3 Å². The Labute approximate surface area is 117 Å². The molecule has 1 aromatic heterocycles. The highest BCUT2D eigenvalue weighted by Gasteiger charge is 2.21. The van der Waals surface area contributed by atoms with E-state index in [1.165, 1.54) is 0 Å². The summed E-state index contributed by atoms with van der Waals surface area (Å²) in [5, 5.41) is 7.34. The standard InChI is InChI=1S/C14H18N4O2/c1-18(2)11-5-3-10(4-6-11)14-16-13(17-20-14)12-9-19-8-7-15-12/h3-6,12,15H,7-9H2,1-2H3. The molecule has 106 valence electrons. The van der Waals surface area contributed by atoms with E-state index in [-0.39, 0.29) is 6.04 Å². The van der Waals surface area contributed by atoms with Crippen molar-refractivity contribution in [1.82, 2.24) is 15.5 Å². The average molecular weight is 274 g/mol. The van der Waals surface area contributed by atoms with Crippen molar-refractivity contribution in [1.29, 1.82) is 0 Å². The van der Waals surface area contributed by atoms with Crippen LogP contribution in [0.25, 0.3) is 11.5 Å². The largest absolute Gasteiger partial charge is 0.378 e. The molecule has 0 spiro atoms. The maximum absolute atomic E-state index is 5.40. The smallest absolute Gasteiger partial charge is 0.257 e. The maximum Gasteiger partial charge on any atom is 0.257 e. The molecule has 1 saturated heterocycles. The summed E-state index contributed by atoms with van der Waals surface area (Å²) < 4.78 is 10.7. The summed E-state index contributed by atoms with van der Waals surface area (Å²) in [5.41, 5.74) is 2.06. The second-order valence-corrected chi connectivity index (χ2v) is 4.98. The van der Waals surface area contributed by atoms with Gasteiger partial charge in [0.25, 0.3) is 5.89 Å². The van der Waals surface area contributed by atoms with E-state index in [1.807, 2.05) is 43.3 Å². The van der Waals surface area contributed by atoms with Crippen molar-refractivity contribution in [3.63, 3.8) is 0 Å². The molecule has 0 radical (unpaired) electrons. The first-order valence-electron chi connectivity index (χ1n) is 6.66. The molecule has 1 aliphatic heterocycles. The van der Waals surface area contributed by atoms with Gasteiger partial charge in [-0.3, -0.25) is 0 Å². The molecule has 1 unspecified atom stereocenters. The molecule has 1 N–H and O–H groups in total. The molecule has 3 rings (SSSR count). The van der Waals surface area contributed by atoms with E-state index in [0.717, 1.165) is 24.4 Å². The Bertz CT molecular complexity index is 559. The SMILES string of the molecule is CN(C)c1ccc(-c2nc(C3COCCN3)no2)cc1. The minimum Gasteiger partial charge on any atom is -0.378 e. The molecule has 1 fully saturated rings. The Kier molecular flexibility index (Phi) is 3.66. The van der Waals surface area contributed by atoms with Crippen LogP contribution in [-0.2, 0) is 4.74 Å². The Morgan fingerprint density at radius 3 is 2.70 bits per heavy atom. The second-order valence-electron chi connectivity index (χ2n) is 4.98. The van der Waals surface area contributed by atoms with Gasteiger partial charge in [0.15, 0.2) is 5.82 Å². The second kappa shape index (κ2) is 5.60. The number of nitrogens with zero attached hydrogens (tertiary/aromatic N) is 3. The number of aromatic nitrogens is 2. The van der Waals surface area contributed by atoms with Crippen LogP contribution in [0, 0.1) is 0 Å². The monoisotopic (exact) mass is 274 g/mol. The van der Waals surface area contributed by atoms with Crippen LogP contribution >= 0.6 is 0 Å². The van der Waals surface area contributed by atoms with Crippen LogP contribution in [0.15, 0.2) is 28.8 Å². The van der Waals surface area contributed by atoms with Crippen LogP contribution in [0.4, 0.5) is 5.69 Å². The molecular weight excluding hydrogens is 256 g/mol. The quantitative estimate of drug-likeness (QED) is 0.914. The minimum atomic E-state index is 0.0160. The van der Waals surface area contributed by atoms with E-state index in [1.54, 1.807) is 0 Å². The zero-order valence-corrected chi connectivity index (χ0v) is 11.7. The highest BCUT2D eigenvalue weighted by molar-refractivity contribution is 5.58. The summed E-state index contributed by atoms with van der Waals surface area (Å²) in [4.78, 5) is 6.49. The number of morpholine rings is 1. The van der Waals surface area contributed by atoms with Crippen molar-refractivity contribution >= 4 is 5.69 Å². The van der Waals surface area contributed by atoms with Crippen LogP contribution in [-0.4, -0.2) is 44.0 Å². The Morgan fingerprint density at radius 1 is 1.25 bits per heavy atom. The first-order valence-corrected chi connectivity index (χ1v) is 6.66. The van der Waals surface area contributed by atoms with Crippen LogP contribution in [0.5, 0.6) is 0 Å². The number of nitrogens with one attached hydrogen (secondary N) is 1. The van der Waals surface area contributed by atoms with E-state index in [2.05, 4.69) is 15.5 Å². The lowest BCUT2D eigenvalue weighted by Gasteiger charge is -2.20. The first-order chi connectivity index (χ1) is 9.74. The first kappa shape index (κ1) is 13.1. The van der Waals surface area contributed by atoms with E-state index in [4.69, 9.17) is 9.26 Å². The lowest BCUT2D eigenvalue weighted by atomic mass is 10.2. The number of hydrogen-bond acceptors (Lipinski definition) is 6. The van der Waals surface area contributed by atoms with Gasteiger partial charge in [0.2, 0.25) is 0 Å². The number of hydrogen-bond donors (Lipinski definition) is 1. The predicted molar refractivity (Wildman–Crippen MR) is 75.6 cm³/mol. The van der Waals surface area contributed by atoms with Crippen molar-refractivity contribution in [3.8, 4) is 11.5 Å². The van der Waals surface area contributed by atoms with Gasteiger partial charge >= 0.3 is 0 Å². The average Bonchev–Trinajstić information content (AvgIpc) is 2.98. The minimum absolute atomic E-state index is 0.0160. The third kappa shape index (κ3) is 2.66. The van der Waals surface area contributed by atoms with Crippen molar-refractivity contribution in [2.24, 2.45) is 0 Å². The van der Waals surface area contributed by atoms with Gasteiger partial charge in [-0.15, -0.1) is 0 Å². The molecule has 0 amide bonds. The van der Waals surface area contributed by atoms with Crippen molar-refractivity contribution in [2.75, 3.05) is 38.8 Å². The zero-order chi connectivity index (χ0) is 13.9.